The molecule has 5 nitrogen and oxygen atoms in total. The van der Waals surface area contributed by atoms with Gasteiger partial charge in [0.2, 0.25) is 5.91 Å². The minimum absolute atomic E-state index is 0.0213. The molecule has 0 radical (unpaired) electrons. The van der Waals surface area contributed by atoms with Crippen LogP contribution in [0.2, 0.25) is 0 Å². The second-order valence-electron chi connectivity index (χ2n) is 4.88. The summed E-state index contributed by atoms with van der Waals surface area (Å²) in [6.45, 7) is 8.17. The molecule has 1 fully saturated rings. The molecule has 1 rings (SSSR count). The Labute approximate surface area is 104 Å². The number of rotatable bonds is 7. The third kappa shape index (κ3) is 6.00. The molecule has 17 heavy (non-hydrogen) atoms. The highest BCUT2D eigenvalue weighted by atomic mass is 16.5. The van der Waals surface area contributed by atoms with E-state index in [1.807, 2.05) is 0 Å². The van der Waals surface area contributed by atoms with Crippen molar-refractivity contribution in [3.8, 4) is 0 Å². The topological polar surface area (TPSA) is 67.6 Å². The molecule has 1 aliphatic heterocycles. The van der Waals surface area contributed by atoms with Gasteiger partial charge < -0.3 is 20.7 Å². The van der Waals surface area contributed by atoms with Crippen LogP contribution < -0.4 is 11.1 Å². The highest BCUT2D eigenvalue weighted by molar-refractivity contribution is 5.74. The molecule has 0 saturated carbocycles. The van der Waals surface area contributed by atoms with Gasteiger partial charge in [-0.3, -0.25) is 4.79 Å². The Hall–Kier alpha value is -0.650. The van der Waals surface area contributed by atoms with Crippen LogP contribution in [0.25, 0.3) is 0 Å². The number of hydrogen-bond acceptors (Lipinski definition) is 4. The van der Waals surface area contributed by atoms with Crippen LogP contribution in [0, 0.1) is 0 Å². The van der Waals surface area contributed by atoms with Crippen LogP contribution in [0.15, 0.2) is 0 Å². The van der Waals surface area contributed by atoms with Crippen molar-refractivity contribution < 1.29 is 9.53 Å². The number of likely N-dealkylation sites (tertiary alicyclic amines) is 1. The summed E-state index contributed by atoms with van der Waals surface area (Å²) in [6.07, 6.45) is 2.38. The monoisotopic (exact) mass is 243 g/mol. The molecule has 0 unspecified atom stereocenters. The Bertz CT molecular complexity index is 226. The van der Waals surface area contributed by atoms with Crippen LogP contribution in [0.3, 0.4) is 0 Å². The van der Waals surface area contributed by atoms with Crippen molar-refractivity contribution in [2.24, 2.45) is 5.73 Å². The number of nitrogens with two attached hydrogens (primary N) is 1. The molecule has 0 atom stereocenters. The first-order chi connectivity index (χ1) is 8.09. The average molecular weight is 243 g/mol. The van der Waals surface area contributed by atoms with Gasteiger partial charge in [0.1, 0.15) is 6.61 Å². The summed E-state index contributed by atoms with van der Waals surface area (Å²) >= 11 is 0. The van der Waals surface area contributed by atoms with E-state index < -0.39 is 5.91 Å². The maximum atomic E-state index is 10.4. The fraction of sp³-hybridized carbons (Fsp3) is 0.917. The fourth-order valence-electron chi connectivity index (χ4n) is 2.13. The number of primary amides is 1. The first kappa shape index (κ1) is 14.4. The molecule has 0 aliphatic carbocycles. The lowest BCUT2D eigenvalue weighted by Gasteiger charge is -2.35. The minimum atomic E-state index is -0.407. The Kier molecular flexibility index (Phi) is 6.47. The van der Waals surface area contributed by atoms with Crippen LogP contribution in [0.1, 0.15) is 26.7 Å². The van der Waals surface area contributed by atoms with Gasteiger partial charge in [-0.1, -0.05) is 0 Å². The average Bonchev–Trinajstić information content (AvgIpc) is 2.29. The summed E-state index contributed by atoms with van der Waals surface area (Å²) in [5.41, 5.74) is 4.97. The summed E-state index contributed by atoms with van der Waals surface area (Å²) in [5.74, 6) is -0.407. The Balaban J connectivity index is 2.01. The van der Waals surface area contributed by atoms with Gasteiger partial charge in [0, 0.05) is 18.6 Å². The van der Waals surface area contributed by atoms with E-state index in [0.29, 0.717) is 18.7 Å². The van der Waals surface area contributed by atoms with Crippen LogP contribution >= 0.6 is 0 Å². The molecule has 0 aromatic carbocycles. The van der Waals surface area contributed by atoms with Crippen LogP contribution in [-0.4, -0.2) is 55.7 Å². The van der Waals surface area contributed by atoms with Crippen molar-refractivity contribution in [1.82, 2.24) is 10.2 Å². The fourth-order valence-corrected chi connectivity index (χ4v) is 2.13. The van der Waals surface area contributed by atoms with E-state index in [2.05, 4.69) is 24.1 Å². The molecule has 0 aromatic rings. The number of nitrogens with zero attached hydrogens (tertiary/aromatic N) is 1. The second-order valence-corrected chi connectivity index (χ2v) is 4.88. The minimum Gasteiger partial charge on any atom is -0.370 e. The molecule has 1 heterocycles. The summed E-state index contributed by atoms with van der Waals surface area (Å²) in [5, 5.41) is 3.45. The molecule has 0 spiro atoms. The molecule has 1 aliphatic rings. The van der Waals surface area contributed by atoms with Crippen LogP contribution in [-0.2, 0) is 9.53 Å². The predicted molar refractivity (Wildman–Crippen MR) is 67.7 cm³/mol. The first-order valence-electron chi connectivity index (χ1n) is 6.43. The molecular weight excluding hydrogens is 218 g/mol. The summed E-state index contributed by atoms with van der Waals surface area (Å²) < 4.78 is 5.10. The van der Waals surface area contributed by atoms with E-state index in [1.54, 1.807) is 0 Å². The quantitative estimate of drug-likeness (QED) is 0.615. The van der Waals surface area contributed by atoms with Crippen molar-refractivity contribution in [1.29, 1.82) is 0 Å². The van der Waals surface area contributed by atoms with Crippen molar-refractivity contribution >= 4 is 5.91 Å². The largest absolute Gasteiger partial charge is 0.370 e. The van der Waals surface area contributed by atoms with E-state index in [4.69, 9.17) is 10.5 Å². The molecular formula is C12H25N3O2. The highest BCUT2D eigenvalue weighted by Crippen LogP contribution is 2.12. The molecule has 1 saturated heterocycles. The van der Waals surface area contributed by atoms with Gasteiger partial charge in [0.25, 0.3) is 0 Å². The van der Waals surface area contributed by atoms with Gasteiger partial charge >= 0.3 is 0 Å². The Morgan fingerprint density at radius 3 is 2.65 bits per heavy atom. The van der Waals surface area contributed by atoms with E-state index in [1.165, 1.54) is 12.8 Å². The van der Waals surface area contributed by atoms with Crippen LogP contribution in [0.5, 0.6) is 0 Å². The lowest BCUT2D eigenvalue weighted by Crippen LogP contribution is -2.45. The lowest BCUT2D eigenvalue weighted by atomic mass is 10.0. The molecule has 0 aromatic heterocycles. The predicted octanol–water partition coefficient (Wildman–Crippen LogP) is -0.0493. The van der Waals surface area contributed by atoms with Gasteiger partial charge in [-0.15, -0.1) is 0 Å². The summed E-state index contributed by atoms with van der Waals surface area (Å²) in [6, 6.07) is 1.23. The summed E-state index contributed by atoms with van der Waals surface area (Å²) in [7, 11) is 0. The standard InChI is InChI=1S/C12H25N3O2/c1-10(2)15-6-3-11(4-7-15)14-5-8-17-9-12(13)16/h10-11,14H,3-9H2,1-2H3,(H2,13,16). The van der Waals surface area contributed by atoms with E-state index in [0.717, 1.165) is 19.6 Å². The molecule has 0 bridgehead atoms. The zero-order valence-corrected chi connectivity index (χ0v) is 10.9. The number of amides is 1. The number of piperidine rings is 1. The van der Waals surface area contributed by atoms with Gasteiger partial charge in [-0.2, -0.15) is 0 Å². The van der Waals surface area contributed by atoms with E-state index >= 15 is 0 Å². The van der Waals surface area contributed by atoms with Crippen molar-refractivity contribution in [2.75, 3.05) is 32.8 Å². The van der Waals surface area contributed by atoms with Crippen molar-refractivity contribution in [3.63, 3.8) is 0 Å². The highest BCUT2D eigenvalue weighted by Gasteiger charge is 2.19. The van der Waals surface area contributed by atoms with Crippen molar-refractivity contribution in [3.05, 3.63) is 0 Å². The molecule has 1 amide bonds. The van der Waals surface area contributed by atoms with Gasteiger partial charge in [0.05, 0.1) is 6.61 Å². The zero-order chi connectivity index (χ0) is 12.7. The van der Waals surface area contributed by atoms with Gasteiger partial charge in [-0.05, 0) is 39.8 Å². The maximum Gasteiger partial charge on any atom is 0.243 e. The summed E-state index contributed by atoms with van der Waals surface area (Å²) in [4.78, 5) is 12.9. The Morgan fingerprint density at radius 1 is 1.47 bits per heavy atom. The lowest BCUT2D eigenvalue weighted by molar-refractivity contribution is -0.122. The number of hydrogen-bond donors (Lipinski definition) is 2. The van der Waals surface area contributed by atoms with Gasteiger partial charge in [0.15, 0.2) is 0 Å². The third-order valence-electron chi connectivity index (χ3n) is 3.18. The normalized spacial score (nSPS) is 18.8. The SMILES string of the molecule is CC(C)N1CCC(NCCOCC(N)=O)CC1. The number of ether oxygens (including phenoxy) is 1. The maximum absolute atomic E-state index is 10.4. The number of nitrogens with one attached hydrogen (secondary N) is 1. The van der Waals surface area contributed by atoms with Crippen molar-refractivity contribution in [2.45, 2.75) is 38.8 Å². The third-order valence-corrected chi connectivity index (χ3v) is 3.18. The Morgan fingerprint density at radius 2 is 2.12 bits per heavy atom. The van der Waals surface area contributed by atoms with E-state index in [-0.39, 0.29) is 6.61 Å². The first-order valence-corrected chi connectivity index (χ1v) is 6.43. The van der Waals surface area contributed by atoms with Gasteiger partial charge in [-0.25, -0.2) is 0 Å². The van der Waals surface area contributed by atoms with E-state index in [9.17, 15) is 4.79 Å². The molecule has 100 valence electrons. The number of carbonyl (C=O) groups excluding carboxylic acids is 1. The van der Waals surface area contributed by atoms with Crippen LogP contribution in [0.4, 0.5) is 0 Å². The smallest absolute Gasteiger partial charge is 0.243 e. The number of carbonyl (C=O) groups is 1. The molecule has 3 N–H and O–H groups in total. The second kappa shape index (κ2) is 7.63. The zero-order valence-electron chi connectivity index (χ0n) is 10.9. The molecule has 5 heteroatoms.